The molecule has 0 spiro atoms. The molecule has 34 heavy (non-hydrogen) atoms. The second-order valence-corrected chi connectivity index (χ2v) is 7.40. The summed E-state index contributed by atoms with van der Waals surface area (Å²) in [5.74, 6) is 0.980. The number of benzene rings is 3. The number of esters is 1. The Morgan fingerprint density at radius 2 is 1.50 bits per heavy atom. The fourth-order valence-corrected chi connectivity index (χ4v) is 3.03. The number of amides is 1. The summed E-state index contributed by atoms with van der Waals surface area (Å²) in [6, 6.07) is 19.8. The van der Waals surface area contributed by atoms with Crippen LogP contribution in [0.25, 0.3) is 6.08 Å². The SMILES string of the molecule is COc1ccc(/C=C/C(=O)Oc2ccc(/C=N/NC(=O)COc3c(C)cccc3C)cc2)cc1. The number of carbonyl (C=O) groups excluding carboxylic acids is 2. The summed E-state index contributed by atoms with van der Waals surface area (Å²) in [6.07, 6.45) is 4.51. The fraction of sp³-hybridized carbons (Fsp3) is 0.148. The molecule has 3 rings (SSSR count). The predicted molar refractivity (Wildman–Crippen MR) is 131 cm³/mol. The molecule has 0 unspecified atom stereocenters. The zero-order chi connectivity index (χ0) is 24.3. The molecule has 0 saturated carbocycles. The van der Waals surface area contributed by atoms with Crippen LogP contribution >= 0.6 is 0 Å². The molecule has 0 saturated heterocycles. The van der Waals surface area contributed by atoms with Crippen molar-refractivity contribution in [3.05, 3.63) is 95.1 Å². The first-order valence-corrected chi connectivity index (χ1v) is 10.6. The van der Waals surface area contributed by atoms with E-state index in [0.717, 1.165) is 28.0 Å². The molecule has 0 fully saturated rings. The normalized spacial score (nSPS) is 10.9. The largest absolute Gasteiger partial charge is 0.497 e. The van der Waals surface area contributed by atoms with Gasteiger partial charge >= 0.3 is 5.97 Å². The highest BCUT2D eigenvalue weighted by atomic mass is 16.5. The third-order valence-electron chi connectivity index (χ3n) is 4.79. The quantitative estimate of drug-likeness (QED) is 0.168. The highest BCUT2D eigenvalue weighted by Crippen LogP contribution is 2.22. The lowest BCUT2D eigenvalue weighted by molar-refractivity contribution is -0.129. The van der Waals surface area contributed by atoms with Gasteiger partial charge in [-0.1, -0.05) is 30.3 Å². The van der Waals surface area contributed by atoms with Crippen LogP contribution in [0.15, 0.2) is 77.9 Å². The van der Waals surface area contributed by atoms with Crippen LogP contribution in [0.4, 0.5) is 0 Å². The first-order chi connectivity index (χ1) is 16.4. The molecule has 0 aromatic heterocycles. The molecule has 0 bridgehead atoms. The molecule has 0 radical (unpaired) electrons. The van der Waals surface area contributed by atoms with E-state index in [1.807, 2.05) is 56.3 Å². The highest BCUT2D eigenvalue weighted by Gasteiger charge is 2.06. The van der Waals surface area contributed by atoms with Gasteiger partial charge in [0.15, 0.2) is 6.61 Å². The maximum Gasteiger partial charge on any atom is 0.336 e. The van der Waals surface area contributed by atoms with Gasteiger partial charge < -0.3 is 14.2 Å². The van der Waals surface area contributed by atoms with Crippen molar-refractivity contribution in [2.75, 3.05) is 13.7 Å². The van der Waals surface area contributed by atoms with Crippen LogP contribution in [0.5, 0.6) is 17.2 Å². The Bertz CT molecular complexity index is 1160. The van der Waals surface area contributed by atoms with E-state index in [1.54, 1.807) is 37.5 Å². The molecule has 3 aromatic carbocycles. The molecular weight excluding hydrogens is 432 g/mol. The lowest BCUT2D eigenvalue weighted by Crippen LogP contribution is -2.25. The number of nitrogens with one attached hydrogen (secondary N) is 1. The average molecular weight is 459 g/mol. The lowest BCUT2D eigenvalue weighted by atomic mass is 10.1. The van der Waals surface area contributed by atoms with Crippen molar-refractivity contribution >= 4 is 24.2 Å². The number of methoxy groups -OCH3 is 1. The van der Waals surface area contributed by atoms with E-state index >= 15 is 0 Å². The number of rotatable bonds is 9. The molecule has 174 valence electrons. The number of carbonyl (C=O) groups is 2. The number of hydrazone groups is 1. The Hall–Kier alpha value is -4.39. The van der Waals surface area contributed by atoms with Crippen LogP contribution in [0.3, 0.4) is 0 Å². The average Bonchev–Trinajstić information content (AvgIpc) is 2.84. The monoisotopic (exact) mass is 458 g/mol. The minimum Gasteiger partial charge on any atom is -0.497 e. The van der Waals surface area contributed by atoms with Crippen LogP contribution in [0.2, 0.25) is 0 Å². The van der Waals surface area contributed by atoms with E-state index in [9.17, 15) is 9.59 Å². The predicted octanol–water partition coefficient (Wildman–Crippen LogP) is 4.46. The van der Waals surface area contributed by atoms with Crippen molar-refractivity contribution in [2.45, 2.75) is 13.8 Å². The number of ether oxygens (including phenoxy) is 3. The molecule has 7 nitrogen and oxygen atoms in total. The van der Waals surface area contributed by atoms with E-state index in [0.29, 0.717) is 11.5 Å². The van der Waals surface area contributed by atoms with Gasteiger partial charge in [0.1, 0.15) is 17.2 Å². The minimum atomic E-state index is -0.492. The Balaban J connectivity index is 1.44. The summed E-state index contributed by atoms with van der Waals surface area (Å²) < 4.78 is 16.0. The van der Waals surface area contributed by atoms with Gasteiger partial charge in [-0.25, -0.2) is 10.2 Å². The molecule has 0 atom stereocenters. The number of hydrogen-bond acceptors (Lipinski definition) is 6. The maximum absolute atomic E-state index is 12.0. The van der Waals surface area contributed by atoms with Gasteiger partial charge in [-0.05, 0) is 78.6 Å². The molecule has 7 heteroatoms. The van der Waals surface area contributed by atoms with Crippen molar-refractivity contribution in [3.63, 3.8) is 0 Å². The summed E-state index contributed by atoms with van der Waals surface area (Å²) in [7, 11) is 1.60. The summed E-state index contributed by atoms with van der Waals surface area (Å²) in [6.45, 7) is 3.72. The van der Waals surface area contributed by atoms with Crippen LogP contribution in [0.1, 0.15) is 22.3 Å². The van der Waals surface area contributed by atoms with E-state index in [4.69, 9.17) is 14.2 Å². The molecule has 0 aliphatic carbocycles. The first-order valence-electron chi connectivity index (χ1n) is 10.6. The van der Waals surface area contributed by atoms with Crippen LogP contribution in [-0.2, 0) is 9.59 Å². The van der Waals surface area contributed by atoms with Gasteiger partial charge in [-0.2, -0.15) is 5.10 Å². The third kappa shape index (κ3) is 7.34. The maximum atomic E-state index is 12.0. The molecule has 0 aliphatic rings. The third-order valence-corrected chi connectivity index (χ3v) is 4.79. The standard InChI is InChI=1S/C27H26N2O5/c1-19-5-4-6-20(2)27(19)33-18-25(30)29-28-17-22-9-14-24(15-10-22)34-26(31)16-11-21-7-12-23(32-3)13-8-21/h4-17H,18H2,1-3H3,(H,29,30)/b16-11+,28-17+. The molecular formula is C27H26N2O5. The van der Waals surface area contributed by atoms with E-state index in [1.165, 1.54) is 12.3 Å². The van der Waals surface area contributed by atoms with Crippen LogP contribution in [0, 0.1) is 13.8 Å². The molecule has 1 N–H and O–H groups in total. The van der Waals surface area contributed by atoms with Gasteiger partial charge in [-0.3, -0.25) is 4.79 Å². The van der Waals surface area contributed by atoms with Crippen molar-refractivity contribution in [2.24, 2.45) is 5.10 Å². The number of nitrogens with zero attached hydrogens (tertiary/aromatic N) is 1. The molecule has 0 heterocycles. The summed E-state index contributed by atoms with van der Waals surface area (Å²) in [5, 5.41) is 3.93. The van der Waals surface area contributed by atoms with Crippen LogP contribution < -0.4 is 19.6 Å². The van der Waals surface area contributed by atoms with Gasteiger partial charge in [0, 0.05) is 6.08 Å². The van der Waals surface area contributed by atoms with E-state index < -0.39 is 5.97 Å². The number of hydrogen-bond donors (Lipinski definition) is 1. The Kier molecular flexibility index (Phi) is 8.57. The lowest BCUT2D eigenvalue weighted by Gasteiger charge is -2.10. The number of para-hydroxylation sites is 1. The summed E-state index contributed by atoms with van der Waals surface area (Å²) in [4.78, 5) is 24.0. The molecule has 3 aromatic rings. The summed E-state index contributed by atoms with van der Waals surface area (Å²) >= 11 is 0. The second-order valence-electron chi connectivity index (χ2n) is 7.40. The van der Waals surface area contributed by atoms with Crippen molar-refractivity contribution in [1.29, 1.82) is 0 Å². The molecule has 0 aliphatic heterocycles. The van der Waals surface area contributed by atoms with Crippen molar-refractivity contribution < 1.29 is 23.8 Å². The van der Waals surface area contributed by atoms with Gasteiger partial charge in [-0.15, -0.1) is 0 Å². The Labute approximate surface area is 198 Å². The second kappa shape index (κ2) is 12.0. The van der Waals surface area contributed by atoms with Crippen molar-refractivity contribution in [3.8, 4) is 17.2 Å². The van der Waals surface area contributed by atoms with Crippen LogP contribution in [-0.4, -0.2) is 31.8 Å². The van der Waals surface area contributed by atoms with E-state index in [-0.39, 0.29) is 12.5 Å². The zero-order valence-electron chi connectivity index (χ0n) is 19.3. The molecule has 1 amide bonds. The minimum absolute atomic E-state index is 0.137. The number of aryl methyl sites for hydroxylation is 2. The topological polar surface area (TPSA) is 86.2 Å². The van der Waals surface area contributed by atoms with Gasteiger partial charge in [0.05, 0.1) is 13.3 Å². The van der Waals surface area contributed by atoms with Gasteiger partial charge in [0.25, 0.3) is 5.91 Å². The zero-order valence-corrected chi connectivity index (χ0v) is 19.3. The van der Waals surface area contributed by atoms with Crippen molar-refractivity contribution in [1.82, 2.24) is 5.43 Å². The fourth-order valence-electron chi connectivity index (χ4n) is 3.03. The Morgan fingerprint density at radius 1 is 0.882 bits per heavy atom. The first kappa shape index (κ1) is 24.3. The smallest absolute Gasteiger partial charge is 0.336 e. The van der Waals surface area contributed by atoms with Gasteiger partial charge in [0.2, 0.25) is 0 Å². The summed E-state index contributed by atoms with van der Waals surface area (Å²) in [5.41, 5.74) is 5.94. The Morgan fingerprint density at radius 3 is 2.15 bits per heavy atom. The van der Waals surface area contributed by atoms with E-state index in [2.05, 4.69) is 10.5 Å². The highest BCUT2D eigenvalue weighted by molar-refractivity contribution is 5.89.